The quantitative estimate of drug-likeness (QED) is 0.330. The normalized spacial score (nSPS) is 40.3. The molecule has 7 heteroatoms. The summed E-state index contributed by atoms with van der Waals surface area (Å²) < 4.78 is 0. The van der Waals surface area contributed by atoms with Crippen molar-refractivity contribution in [2.45, 2.75) is 112 Å². The Balaban J connectivity index is 1.20. The third-order valence-electron chi connectivity index (χ3n) is 15.4. The summed E-state index contributed by atoms with van der Waals surface area (Å²) in [7, 11) is 2.15. The first-order chi connectivity index (χ1) is 22.3. The van der Waals surface area contributed by atoms with E-state index in [0.29, 0.717) is 31.1 Å². The van der Waals surface area contributed by atoms with Gasteiger partial charge in [-0.05, 0) is 124 Å². The fourth-order valence-electron chi connectivity index (χ4n) is 12.2. The van der Waals surface area contributed by atoms with Gasteiger partial charge in [0.25, 0.3) is 0 Å². The maximum Gasteiger partial charge on any atom is 0.312 e. The summed E-state index contributed by atoms with van der Waals surface area (Å²) in [6, 6.07) is 0. The number of amides is 2. The Morgan fingerprint density at radius 1 is 0.958 bits per heavy atom. The van der Waals surface area contributed by atoms with Crippen molar-refractivity contribution < 1.29 is 19.5 Å². The summed E-state index contributed by atoms with van der Waals surface area (Å²) in [5, 5.41) is 10.5. The molecule has 1 spiro atoms. The van der Waals surface area contributed by atoms with E-state index in [9.17, 15) is 19.5 Å². The largest absolute Gasteiger partial charge is 0.504 e. The fourth-order valence-corrected chi connectivity index (χ4v) is 12.2. The summed E-state index contributed by atoms with van der Waals surface area (Å²) in [4.78, 5) is 47.3. The van der Waals surface area contributed by atoms with Gasteiger partial charge < -0.3 is 19.8 Å². The van der Waals surface area contributed by atoms with Gasteiger partial charge in [0, 0.05) is 48.1 Å². The Bertz CT molecular complexity index is 1600. The van der Waals surface area contributed by atoms with E-state index in [0.717, 1.165) is 75.6 Å². The molecule has 1 N–H and O–H groups in total. The molecule has 0 aromatic rings. The lowest BCUT2D eigenvalue weighted by Crippen LogP contribution is -2.67. The van der Waals surface area contributed by atoms with Crippen molar-refractivity contribution in [1.29, 1.82) is 0 Å². The average Bonchev–Trinajstić information content (AvgIpc) is 3.42. The van der Waals surface area contributed by atoms with Crippen LogP contribution in [-0.2, 0) is 14.4 Å². The number of likely N-dealkylation sites (tertiary alicyclic amines) is 2. The molecule has 0 aromatic carbocycles. The van der Waals surface area contributed by atoms with E-state index in [1.807, 2.05) is 16.7 Å². The number of fused-ring (bicyclic) bond motifs is 7. The topological polar surface area (TPSA) is 81.2 Å². The van der Waals surface area contributed by atoms with Crippen molar-refractivity contribution in [3.63, 3.8) is 0 Å². The van der Waals surface area contributed by atoms with Crippen molar-refractivity contribution >= 4 is 17.6 Å². The summed E-state index contributed by atoms with van der Waals surface area (Å²) in [5.74, 6) is -0.384. The van der Waals surface area contributed by atoms with E-state index < -0.39 is 5.54 Å². The zero-order valence-electron chi connectivity index (χ0n) is 31.1. The molecule has 5 fully saturated rings. The molecule has 262 valence electrons. The molecule has 2 amide bonds. The number of carbonyl (C=O) groups excluding carboxylic acids is 3. The van der Waals surface area contributed by atoms with E-state index in [1.54, 1.807) is 6.08 Å². The van der Waals surface area contributed by atoms with Gasteiger partial charge in [-0.1, -0.05) is 59.3 Å². The van der Waals surface area contributed by atoms with Crippen molar-refractivity contribution in [2.24, 2.45) is 38.9 Å². The Hall–Kier alpha value is -2.67. The molecule has 1 unspecified atom stereocenters. The molecule has 0 aromatic heterocycles. The van der Waals surface area contributed by atoms with Crippen LogP contribution in [0.3, 0.4) is 0 Å². The summed E-state index contributed by atoms with van der Waals surface area (Å²) in [6.45, 7) is 22.4. The Morgan fingerprint density at radius 3 is 2.29 bits per heavy atom. The van der Waals surface area contributed by atoms with Gasteiger partial charge in [-0.15, -0.1) is 0 Å². The first-order valence-corrected chi connectivity index (χ1v) is 18.7. The highest BCUT2D eigenvalue weighted by atomic mass is 16.3. The lowest BCUT2D eigenvalue weighted by molar-refractivity contribution is -0.178. The molecular formula is C41H59N3O4. The molecule has 48 heavy (non-hydrogen) atoms. The molecule has 0 radical (unpaired) electrons. The van der Waals surface area contributed by atoms with Crippen LogP contribution in [0, 0.1) is 38.9 Å². The van der Waals surface area contributed by atoms with E-state index in [4.69, 9.17) is 0 Å². The number of hydrogen-bond acceptors (Lipinski definition) is 5. The molecule has 2 heterocycles. The fraction of sp³-hybridized carbons (Fsp3) is 0.732. The summed E-state index contributed by atoms with van der Waals surface area (Å²) in [6.07, 6.45) is 14.4. The zero-order valence-corrected chi connectivity index (χ0v) is 31.1. The summed E-state index contributed by atoms with van der Waals surface area (Å²) in [5.41, 5.74) is 3.73. The number of allylic oxidation sites excluding steroid dienone is 7. The Labute approximate surface area is 288 Å². The molecular weight excluding hydrogens is 598 g/mol. The monoisotopic (exact) mass is 657 g/mol. The van der Waals surface area contributed by atoms with Gasteiger partial charge >= 0.3 is 11.8 Å². The molecule has 7 rings (SSSR count). The standard InChI is InChI=1S/C41H59N3O4/c1-26(2)22-44(35(48)34(47)43-24-41(25-43)18-19-42(9)23-41)37(5)14-12-36(4)13-16-39(7)31-11-10-28-27(3)33(46)30(45)20-29(28)38(31,6)15-17-40(39,8)32(36)21-37/h10-11,20,26,32,46H,12-19,21-25H2,1-9H3/t32?,36-,37-,38+,39-,40+/m1/s1. The third-order valence-corrected chi connectivity index (χ3v) is 15.4. The highest BCUT2D eigenvalue weighted by molar-refractivity contribution is 6.35. The van der Waals surface area contributed by atoms with Crippen LogP contribution in [0.15, 0.2) is 46.3 Å². The number of nitrogens with zero attached hydrogens (tertiary/aromatic N) is 3. The van der Waals surface area contributed by atoms with Crippen LogP contribution in [0.2, 0.25) is 0 Å². The van der Waals surface area contributed by atoms with Gasteiger partial charge in [0.1, 0.15) is 0 Å². The van der Waals surface area contributed by atoms with Crippen LogP contribution in [0.5, 0.6) is 0 Å². The van der Waals surface area contributed by atoms with Gasteiger partial charge in [0.05, 0.1) is 0 Å². The number of rotatable bonds is 3. The molecule has 6 atom stereocenters. The average molecular weight is 658 g/mol. The van der Waals surface area contributed by atoms with E-state index in [-0.39, 0.29) is 56.3 Å². The molecule has 7 aliphatic rings. The lowest BCUT2D eigenvalue weighted by atomic mass is 9.35. The maximum atomic E-state index is 14.3. The highest BCUT2D eigenvalue weighted by Gasteiger charge is 2.67. The second-order valence-electron chi connectivity index (χ2n) is 19.0. The predicted octanol–water partition coefficient (Wildman–Crippen LogP) is 7.01. The Morgan fingerprint density at radius 2 is 1.65 bits per heavy atom. The molecule has 7 nitrogen and oxygen atoms in total. The number of carbonyl (C=O) groups is 3. The van der Waals surface area contributed by atoms with Crippen molar-refractivity contribution in [3.8, 4) is 0 Å². The van der Waals surface area contributed by atoms with E-state index >= 15 is 0 Å². The van der Waals surface area contributed by atoms with Crippen LogP contribution < -0.4 is 0 Å². The highest BCUT2D eigenvalue weighted by Crippen LogP contribution is 2.75. The molecule has 5 aliphatic carbocycles. The summed E-state index contributed by atoms with van der Waals surface area (Å²) >= 11 is 0. The molecule has 0 bridgehead atoms. The number of aliphatic hydroxyl groups excluding tert-OH is 1. The lowest BCUT2D eigenvalue weighted by Gasteiger charge is -2.70. The van der Waals surface area contributed by atoms with Crippen molar-refractivity contribution in [1.82, 2.24) is 14.7 Å². The predicted molar refractivity (Wildman–Crippen MR) is 189 cm³/mol. The number of hydrogen-bond donors (Lipinski definition) is 1. The molecule has 2 saturated heterocycles. The van der Waals surface area contributed by atoms with Gasteiger partial charge in [-0.3, -0.25) is 14.4 Å². The first kappa shape index (κ1) is 33.8. The van der Waals surface area contributed by atoms with E-state index in [2.05, 4.69) is 72.6 Å². The number of aliphatic hydroxyl groups is 1. The maximum absolute atomic E-state index is 14.3. The molecule has 2 aliphatic heterocycles. The zero-order chi connectivity index (χ0) is 34.8. The van der Waals surface area contributed by atoms with Gasteiger partial charge in [0.2, 0.25) is 5.78 Å². The minimum atomic E-state index is -0.398. The number of ketones is 1. The van der Waals surface area contributed by atoms with Crippen molar-refractivity contribution in [2.75, 3.05) is 39.8 Å². The van der Waals surface area contributed by atoms with Crippen LogP contribution in [0.1, 0.15) is 107 Å². The molecule has 3 saturated carbocycles. The van der Waals surface area contributed by atoms with Gasteiger partial charge in [-0.25, -0.2) is 0 Å². The van der Waals surface area contributed by atoms with Crippen molar-refractivity contribution in [3.05, 3.63) is 46.3 Å². The Kier molecular flexibility index (Phi) is 7.51. The minimum absolute atomic E-state index is 0.0143. The second kappa shape index (κ2) is 10.7. The minimum Gasteiger partial charge on any atom is -0.504 e. The second-order valence-corrected chi connectivity index (χ2v) is 19.0. The van der Waals surface area contributed by atoms with Gasteiger partial charge in [-0.2, -0.15) is 0 Å². The third kappa shape index (κ3) is 4.57. The van der Waals surface area contributed by atoms with Crippen LogP contribution in [0.4, 0.5) is 0 Å². The van der Waals surface area contributed by atoms with Crippen LogP contribution in [-0.4, -0.2) is 82.7 Å². The van der Waals surface area contributed by atoms with Crippen LogP contribution >= 0.6 is 0 Å². The van der Waals surface area contributed by atoms with Gasteiger partial charge in [0.15, 0.2) is 5.76 Å². The van der Waals surface area contributed by atoms with E-state index in [1.165, 1.54) is 5.57 Å². The first-order valence-electron chi connectivity index (χ1n) is 18.7. The SMILES string of the molecule is CC1=C(O)C(=O)C=C2C1=CC=C1[C@@]2(C)CC[C@@]2(C)C3C[C@](C)(N(CC(C)C)C(=O)C(=O)N4CC5(CCN(C)C5)C4)CC[C@]3(C)CC[C@]12C. The van der Waals surface area contributed by atoms with Crippen LogP contribution in [0.25, 0.3) is 0 Å². The smallest absolute Gasteiger partial charge is 0.312 e.